The van der Waals surface area contributed by atoms with Crippen LogP contribution in [0, 0.1) is 6.92 Å². The van der Waals surface area contributed by atoms with E-state index in [0.717, 1.165) is 5.56 Å². The Bertz CT molecular complexity index is 490. The van der Waals surface area contributed by atoms with Crippen LogP contribution in [-0.2, 0) is 9.53 Å². The monoisotopic (exact) mass is 273 g/mol. The zero-order chi connectivity index (χ0) is 14.6. The second kappa shape index (κ2) is 5.77. The fourth-order valence-electron chi connectivity index (χ4n) is 1.46. The summed E-state index contributed by atoms with van der Waals surface area (Å²) in [6.07, 6.45) is -4.86. The van der Waals surface area contributed by atoms with E-state index in [0.29, 0.717) is 0 Å². The molecule has 3 nitrogen and oxygen atoms in total. The number of alkyl halides is 3. The average Bonchev–Trinajstić information content (AvgIpc) is 2.28. The minimum Gasteiger partial charge on any atom is -0.462 e. The first-order chi connectivity index (χ1) is 8.77. The molecule has 0 saturated heterocycles. The summed E-state index contributed by atoms with van der Waals surface area (Å²) in [6, 6.07) is 6.08. The molecule has 0 aliphatic carbocycles. The molecule has 19 heavy (non-hydrogen) atoms. The summed E-state index contributed by atoms with van der Waals surface area (Å²) < 4.78 is 43.0. The van der Waals surface area contributed by atoms with Crippen molar-refractivity contribution in [2.75, 3.05) is 6.61 Å². The lowest BCUT2D eigenvalue weighted by atomic mass is 10.1. The molecule has 0 amide bonds. The van der Waals surface area contributed by atoms with Crippen LogP contribution in [0.5, 0.6) is 0 Å². The topological polar surface area (TPSA) is 52.3 Å². The molecule has 0 fully saturated rings. The molecule has 1 aromatic carbocycles. The largest absolute Gasteiger partial charge is 0.462 e. The Morgan fingerprint density at radius 3 is 2.21 bits per heavy atom. The van der Waals surface area contributed by atoms with Gasteiger partial charge in [0, 0.05) is 0 Å². The van der Waals surface area contributed by atoms with Crippen LogP contribution in [0.1, 0.15) is 18.1 Å². The summed E-state index contributed by atoms with van der Waals surface area (Å²) in [7, 11) is 0. The highest BCUT2D eigenvalue weighted by Gasteiger charge is 2.42. The number of rotatable bonds is 3. The van der Waals surface area contributed by atoms with Gasteiger partial charge in [-0.05, 0) is 19.4 Å². The van der Waals surface area contributed by atoms with E-state index in [2.05, 4.69) is 4.74 Å². The number of hydrogen-bond donors (Lipinski definition) is 1. The van der Waals surface area contributed by atoms with Gasteiger partial charge < -0.3 is 10.5 Å². The van der Waals surface area contributed by atoms with Crippen LogP contribution in [0.15, 0.2) is 29.8 Å². The first-order valence-electron chi connectivity index (χ1n) is 5.58. The molecule has 0 atom stereocenters. The van der Waals surface area contributed by atoms with E-state index in [1.807, 2.05) is 0 Å². The zero-order valence-corrected chi connectivity index (χ0v) is 10.5. The molecule has 0 aliphatic heterocycles. The van der Waals surface area contributed by atoms with Crippen LogP contribution < -0.4 is 5.73 Å². The van der Waals surface area contributed by atoms with Crippen molar-refractivity contribution in [1.82, 2.24) is 0 Å². The van der Waals surface area contributed by atoms with Crippen molar-refractivity contribution in [2.24, 2.45) is 5.73 Å². The summed E-state index contributed by atoms with van der Waals surface area (Å²) in [5.41, 5.74) is 4.36. The number of esters is 1. The lowest BCUT2D eigenvalue weighted by Crippen LogP contribution is -2.26. The number of carbonyl (C=O) groups is 1. The van der Waals surface area contributed by atoms with E-state index < -0.39 is 23.4 Å². The van der Waals surface area contributed by atoms with Gasteiger partial charge in [-0.15, -0.1) is 0 Å². The summed E-state index contributed by atoms with van der Waals surface area (Å²) in [6.45, 7) is 3.06. The molecule has 1 rings (SSSR count). The predicted octanol–water partition coefficient (Wildman–Crippen LogP) is 2.79. The van der Waals surface area contributed by atoms with Gasteiger partial charge in [0.2, 0.25) is 0 Å². The number of hydrogen-bond acceptors (Lipinski definition) is 3. The van der Waals surface area contributed by atoms with Gasteiger partial charge in [0.15, 0.2) is 5.57 Å². The van der Waals surface area contributed by atoms with E-state index in [9.17, 15) is 18.0 Å². The highest BCUT2D eigenvalue weighted by molar-refractivity contribution is 5.98. The highest BCUT2D eigenvalue weighted by Crippen LogP contribution is 2.31. The van der Waals surface area contributed by atoms with Crippen molar-refractivity contribution < 1.29 is 22.7 Å². The molecular weight excluding hydrogens is 259 g/mol. The maximum absolute atomic E-state index is 12.9. The summed E-state index contributed by atoms with van der Waals surface area (Å²) in [5.74, 6) is -1.46. The molecule has 6 heteroatoms. The minimum atomic E-state index is -4.86. The third-order valence-electron chi connectivity index (χ3n) is 2.39. The SMILES string of the molecule is CCOC(=O)C(=C(N)c1ccc(C)cc1)C(F)(F)F. The van der Waals surface area contributed by atoms with E-state index >= 15 is 0 Å². The predicted molar refractivity (Wildman–Crippen MR) is 65.0 cm³/mol. The Labute approximate surface area is 108 Å². The van der Waals surface area contributed by atoms with Gasteiger partial charge in [0.1, 0.15) is 0 Å². The fourth-order valence-corrected chi connectivity index (χ4v) is 1.46. The van der Waals surface area contributed by atoms with Gasteiger partial charge in [0.25, 0.3) is 0 Å². The van der Waals surface area contributed by atoms with Gasteiger partial charge >= 0.3 is 12.1 Å². The number of halogens is 3. The quantitative estimate of drug-likeness (QED) is 0.680. The number of benzene rings is 1. The van der Waals surface area contributed by atoms with E-state index in [1.165, 1.54) is 19.1 Å². The first-order valence-corrected chi connectivity index (χ1v) is 5.58. The Morgan fingerprint density at radius 1 is 1.26 bits per heavy atom. The molecule has 0 radical (unpaired) electrons. The third kappa shape index (κ3) is 3.74. The van der Waals surface area contributed by atoms with Gasteiger partial charge in [-0.2, -0.15) is 13.2 Å². The Morgan fingerprint density at radius 2 is 1.79 bits per heavy atom. The maximum atomic E-state index is 12.9. The zero-order valence-electron chi connectivity index (χ0n) is 10.5. The minimum absolute atomic E-state index is 0.131. The summed E-state index contributed by atoms with van der Waals surface area (Å²) in [4.78, 5) is 11.4. The molecule has 0 bridgehead atoms. The number of nitrogens with two attached hydrogens (primary N) is 1. The smallest absolute Gasteiger partial charge is 0.425 e. The molecule has 0 spiro atoms. The summed E-state index contributed by atoms with van der Waals surface area (Å²) >= 11 is 0. The molecule has 0 aromatic heterocycles. The van der Waals surface area contributed by atoms with Crippen molar-refractivity contribution in [3.63, 3.8) is 0 Å². The number of ether oxygens (including phenoxy) is 1. The second-order valence-corrected chi connectivity index (χ2v) is 3.87. The molecular formula is C13H14F3NO2. The van der Waals surface area contributed by atoms with Crippen LogP contribution in [0.25, 0.3) is 5.70 Å². The van der Waals surface area contributed by atoms with Crippen molar-refractivity contribution in [3.05, 3.63) is 41.0 Å². The van der Waals surface area contributed by atoms with E-state index in [4.69, 9.17) is 5.73 Å². The lowest BCUT2D eigenvalue weighted by molar-refractivity contribution is -0.150. The lowest BCUT2D eigenvalue weighted by Gasteiger charge is -2.14. The molecule has 1 aromatic rings. The van der Waals surface area contributed by atoms with E-state index in [-0.39, 0.29) is 12.2 Å². The van der Waals surface area contributed by atoms with Crippen LogP contribution in [0.2, 0.25) is 0 Å². The van der Waals surface area contributed by atoms with Crippen molar-refractivity contribution in [2.45, 2.75) is 20.0 Å². The number of carbonyl (C=O) groups excluding carboxylic acids is 1. The van der Waals surface area contributed by atoms with Crippen molar-refractivity contribution >= 4 is 11.7 Å². The Kier molecular flexibility index (Phi) is 4.58. The molecule has 2 N–H and O–H groups in total. The first kappa shape index (κ1) is 15.1. The Hall–Kier alpha value is -1.98. The third-order valence-corrected chi connectivity index (χ3v) is 2.39. The van der Waals surface area contributed by atoms with Crippen LogP contribution >= 0.6 is 0 Å². The number of aryl methyl sites for hydroxylation is 1. The normalized spacial score (nSPS) is 12.9. The molecule has 0 aliphatic rings. The van der Waals surface area contributed by atoms with E-state index in [1.54, 1.807) is 19.1 Å². The summed E-state index contributed by atoms with van der Waals surface area (Å²) in [5, 5.41) is 0. The van der Waals surface area contributed by atoms with Gasteiger partial charge in [-0.3, -0.25) is 0 Å². The molecule has 0 saturated carbocycles. The van der Waals surface area contributed by atoms with Gasteiger partial charge in [0.05, 0.1) is 12.3 Å². The maximum Gasteiger partial charge on any atom is 0.425 e. The molecule has 104 valence electrons. The van der Waals surface area contributed by atoms with Crippen molar-refractivity contribution in [3.8, 4) is 0 Å². The van der Waals surface area contributed by atoms with Crippen LogP contribution in [-0.4, -0.2) is 18.8 Å². The highest BCUT2D eigenvalue weighted by atomic mass is 19.4. The van der Waals surface area contributed by atoms with Gasteiger partial charge in [-0.25, -0.2) is 4.79 Å². The van der Waals surface area contributed by atoms with Gasteiger partial charge in [-0.1, -0.05) is 29.8 Å². The van der Waals surface area contributed by atoms with Crippen molar-refractivity contribution in [1.29, 1.82) is 0 Å². The molecule has 0 heterocycles. The van der Waals surface area contributed by atoms with Crippen LogP contribution in [0.3, 0.4) is 0 Å². The molecule has 0 unspecified atom stereocenters. The standard InChI is InChI=1S/C13H14F3NO2/c1-3-19-12(18)10(13(14,15)16)11(17)9-6-4-8(2)5-7-9/h4-7H,3,17H2,1-2H3. The average molecular weight is 273 g/mol. The second-order valence-electron chi connectivity index (χ2n) is 3.87. The van der Waals surface area contributed by atoms with Crippen LogP contribution in [0.4, 0.5) is 13.2 Å². The Balaban J connectivity index is 3.31. The fraction of sp³-hybridized carbons (Fsp3) is 0.308.